The minimum absolute atomic E-state index is 0.157. The molecule has 0 heterocycles. The van der Waals surface area contributed by atoms with Crippen molar-refractivity contribution < 1.29 is 90.8 Å². The Hall–Kier alpha value is -10.7. The lowest BCUT2D eigenvalue weighted by Gasteiger charge is -2.03. The van der Waals surface area contributed by atoms with Gasteiger partial charge in [0.25, 0.3) is 17.1 Å². The van der Waals surface area contributed by atoms with Crippen LogP contribution in [-0.2, 0) is 38.5 Å². The van der Waals surface area contributed by atoms with Crippen LogP contribution in [0.1, 0.15) is 74.9 Å². The highest BCUT2D eigenvalue weighted by Crippen LogP contribution is 2.40. The standard InChI is InChI=1S/6C8H9NO4/c1-2-5-3-7(10)8(11)4-6(5)9(12)13;1-2-5-3-6(9(12)13)4-7(10)8(5)11;1-2-5-3-6(9(12)13)8(11)7(10)4-5;1-2-5-6(9(12)13)3-4-7(10)8(5)11;1-2-5-3-4-6(10)8(11)7(5)9(12)13;1-2-5-3-4-6(9(12)13)8(11)7(5)10/h6*3-4,10-11H,2H2,1H3. The summed E-state index contributed by atoms with van der Waals surface area (Å²) < 4.78 is 0. The molecule has 0 spiro atoms. The Labute approximate surface area is 440 Å². The van der Waals surface area contributed by atoms with Crippen molar-refractivity contribution in [2.75, 3.05) is 0 Å². The summed E-state index contributed by atoms with van der Waals surface area (Å²) in [6.07, 6.45) is 2.68. The molecule has 30 nitrogen and oxygen atoms in total. The molecule has 6 aromatic rings. The van der Waals surface area contributed by atoms with E-state index < -0.39 is 98.3 Å². The minimum Gasteiger partial charge on any atom is -0.504 e. The second-order valence-corrected chi connectivity index (χ2v) is 15.4. The molecule has 0 unspecified atom stereocenters. The molecular formula is C48H54N6O24. The molecule has 0 bridgehead atoms. The van der Waals surface area contributed by atoms with E-state index in [0.717, 1.165) is 18.2 Å². The number of nitro groups is 6. The monoisotopic (exact) mass is 1100 g/mol. The lowest BCUT2D eigenvalue weighted by Crippen LogP contribution is -1.94. The second-order valence-electron chi connectivity index (χ2n) is 15.4. The van der Waals surface area contributed by atoms with Gasteiger partial charge >= 0.3 is 17.1 Å². The van der Waals surface area contributed by atoms with E-state index in [1.807, 2.05) is 0 Å². The predicted octanol–water partition coefficient (Wildman–Crippen LogP) is 9.41. The molecule has 78 heavy (non-hydrogen) atoms. The van der Waals surface area contributed by atoms with Gasteiger partial charge in [0, 0.05) is 41.0 Å². The van der Waals surface area contributed by atoms with Gasteiger partial charge < -0.3 is 61.3 Å². The molecule has 0 radical (unpaired) electrons. The van der Waals surface area contributed by atoms with E-state index in [0.29, 0.717) is 66.3 Å². The SMILES string of the molecule is CCc1c([N+](=O)[O-])ccc(O)c1O.CCc1cc(O)c(O)c([N+](=O)[O-])c1.CCc1cc(O)c(O)cc1[N+](=O)[O-].CCc1cc([N+](=O)[O-])cc(O)c1O.CCc1ccc(O)c(O)c1[N+](=O)[O-].CCc1ccc([N+](=O)[O-])c(O)c1O. The number of hydrogen-bond acceptors (Lipinski definition) is 24. The van der Waals surface area contributed by atoms with Crippen molar-refractivity contribution in [3.63, 3.8) is 0 Å². The highest BCUT2D eigenvalue weighted by Gasteiger charge is 2.23. The zero-order chi connectivity index (χ0) is 60.0. The average molecular weight is 1100 g/mol. The average Bonchev–Trinajstić information content (AvgIpc) is 3.38. The highest BCUT2D eigenvalue weighted by atomic mass is 16.6. The molecule has 12 N–H and O–H groups in total. The van der Waals surface area contributed by atoms with Crippen LogP contribution in [0, 0.1) is 60.7 Å². The molecule has 0 saturated carbocycles. The van der Waals surface area contributed by atoms with Crippen LogP contribution in [0.15, 0.2) is 72.8 Å². The number of rotatable bonds is 12. The van der Waals surface area contributed by atoms with Crippen LogP contribution in [0.5, 0.6) is 69.0 Å². The fraction of sp³-hybridized carbons (Fsp3) is 0.250. The van der Waals surface area contributed by atoms with Gasteiger partial charge in [-0.25, -0.2) is 0 Å². The van der Waals surface area contributed by atoms with Gasteiger partial charge in [0.15, 0.2) is 51.7 Å². The first kappa shape index (κ1) is 65.3. The molecular weight excluding hydrogens is 1040 g/mol. The van der Waals surface area contributed by atoms with E-state index in [1.165, 1.54) is 54.6 Å². The number of benzene rings is 6. The van der Waals surface area contributed by atoms with Crippen LogP contribution >= 0.6 is 0 Å². The van der Waals surface area contributed by atoms with E-state index in [4.69, 9.17) is 35.7 Å². The highest BCUT2D eigenvalue weighted by molar-refractivity contribution is 5.60. The van der Waals surface area contributed by atoms with E-state index in [-0.39, 0.29) is 39.9 Å². The van der Waals surface area contributed by atoms with Gasteiger partial charge in [-0.15, -0.1) is 0 Å². The zero-order valence-corrected chi connectivity index (χ0v) is 42.1. The Balaban J connectivity index is 0.000000468. The molecule has 0 atom stereocenters. The lowest BCUT2D eigenvalue weighted by molar-refractivity contribution is -0.386. The van der Waals surface area contributed by atoms with Crippen LogP contribution in [0.2, 0.25) is 0 Å². The number of aromatic hydroxyl groups is 12. The first-order chi connectivity index (χ1) is 36.4. The van der Waals surface area contributed by atoms with Gasteiger partial charge in [-0.3, -0.25) is 60.7 Å². The van der Waals surface area contributed by atoms with Gasteiger partial charge in [-0.1, -0.05) is 41.5 Å². The number of hydrogen-bond donors (Lipinski definition) is 12. The number of aryl methyl sites for hydroxylation is 5. The topological polar surface area (TPSA) is 502 Å². The third kappa shape index (κ3) is 17.5. The van der Waals surface area contributed by atoms with Crippen molar-refractivity contribution in [3.05, 3.63) is 167 Å². The van der Waals surface area contributed by atoms with Crippen LogP contribution in [0.3, 0.4) is 0 Å². The van der Waals surface area contributed by atoms with Crippen molar-refractivity contribution in [2.45, 2.75) is 80.1 Å². The quantitative estimate of drug-likeness (QED) is 0.0308. The molecule has 0 saturated heterocycles. The van der Waals surface area contributed by atoms with Crippen LogP contribution in [0.25, 0.3) is 0 Å². The molecule has 30 heteroatoms. The van der Waals surface area contributed by atoms with Crippen LogP contribution in [-0.4, -0.2) is 90.8 Å². The normalized spacial score (nSPS) is 9.92. The number of nitro benzene ring substituents is 6. The molecule has 0 aliphatic heterocycles. The Kier molecular flexibility index (Phi) is 25.0. The third-order valence-electron chi connectivity index (χ3n) is 10.6. The fourth-order valence-corrected chi connectivity index (χ4v) is 6.38. The summed E-state index contributed by atoms with van der Waals surface area (Å²) in [5, 5.41) is 172. The van der Waals surface area contributed by atoms with Crippen molar-refractivity contribution in [1.29, 1.82) is 0 Å². The maximum Gasteiger partial charge on any atom is 0.317 e. The maximum absolute atomic E-state index is 10.5. The van der Waals surface area contributed by atoms with E-state index >= 15 is 0 Å². The van der Waals surface area contributed by atoms with E-state index in [2.05, 4.69) is 0 Å². The van der Waals surface area contributed by atoms with Gasteiger partial charge in [0.2, 0.25) is 17.2 Å². The maximum atomic E-state index is 10.5. The molecule has 6 aromatic carbocycles. The smallest absolute Gasteiger partial charge is 0.317 e. The Morgan fingerprint density at radius 1 is 0.308 bits per heavy atom. The summed E-state index contributed by atoms with van der Waals surface area (Å²) in [5.41, 5.74) is 0.527. The van der Waals surface area contributed by atoms with Gasteiger partial charge in [-0.05, 0) is 86.1 Å². The number of phenols is 12. The zero-order valence-electron chi connectivity index (χ0n) is 42.1. The first-order valence-corrected chi connectivity index (χ1v) is 22.5. The molecule has 420 valence electrons. The van der Waals surface area contributed by atoms with E-state index in [1.54, 1.807) is 41.5 Å². The van der Waals surface area contributed by atoms with Gasteiger partial charge in [0.05, 0.1) is 47.2 Å². The molecule has 0 aromatic heterocycles. The molecule has 0 aliphatic rings. The number of nitrogens with zero attached hydrogens (tertiary/aromatic N) is 6. The summed E-state index contributed by atoms with van der Waals surface area (Å²) in [5.74, 6) is -5.60. The number of non-ortho nitro benzene ring substituents is 1. The van der Waals surface area contributed by atoms with Crippen LogP contribution in [0.4, 0.5) is 34.1 Å². The van der Waals surface area contributed by atoms with Gasteiger partial charge in [0.1, 0.15) is 0 Å². The molecule has 0 aliphatic carbocycles. The largest absolute Gasteiger partial charge is 0.504 e. The van der Waals surface area contributed by atoms with Crippen LogP contribution < -0.4 is 0 Å². The van der Waals surface area contributed by atoms with Crippen molar-refractivity contribution in [3.8, 4) is 69.0 Å². The summed E-state index contributed by atoms with van der Waals surface area (Å²) in [6.45, 7) is 10.5. The lowest BCUT2D eigenvalue weighted by atomic mass is 10.1. The Morgan fingerprint density at radius 3 is 1.23 bits per heavy atom. The molecule has 0 fully saturated rings. The second kappa shape index (κ2) is 29.9. The first-order valence-electron chi connectivity index (χ1n) is 22.5. The van der Waals surface area contributed by atoms with Crippen molar-refractivity contribution in [1.82, 2.24) is 0 Å². The summed E-state index contributed by atoms with van der Waals surface area (Å²) in [7, 11) is 0. The predicted molar refractivity (Wildman–Crippen MR) is 275 cm³/mol. The van der Waals surface area contributed by atoms with Crippen molar-refractivity contribution in [2.24, 2.45) is 0 Å². The third-order valence-corrected chi connectivity index (χ3v) is 10.6. The Morgan fingerprint density at radius 2 is 0.769 bits per heavy atom. The van der Waals surface area contributed by atoms with Gasteiger partial charge in [-0.2, -0.15) is 0 Å². The summed E-state index contributed by atoms with van der Waals surface area (Å²) in [4.78, 5) is 58.5. The minimum atomic E-state index is -0.742. The number of phenolic OH excluding ortho intramolecular Hbond substituents is 12. The Bertz CT molecular complexity index is 3150. The molecule has 6 rings (SSSR count). The van der Waals surface area contributed by atoms with Crippen molar-refractivity contribution >= 4 is 34.1 Å². The summed E-state index contributed by atoms with van der Waals surface area (Å²) in [6, 6.07) is 14.4. The molecule has 0 amide bonds. The summed E-state index contributed by atoms with van der Waals surface area (Å²) >= 11 is 0. The van der Waals surface area contributed by atoms with E-state index in [9.17, 15) is 86.2 Å². The fourth-order valence-electron chi connectivity index (χ4n) is 6.38.